The van der Waals surface area contributed by atoms with E-state index in [9.17, 15) is 14.4 Å². The van der Waals surface area contributed by atoms with Crippen LogP contribution in [0.15, 0.2) is 54.2 Å². The largest absolute Gasteiger partial charge is 0.495 e. The Labute approximate surface area is 173 Å². The summed E-state index contributed by atoms with van der Waals surface area (Å²) in [4.78, 5) is 16.3. The summed E-state index contributed by atoms with van der Waals surface area (Å²) in [5.74, 6) is -0.287. The van der Waals surface area contributed by atoms with Gasteiger partial charge in [-0.1, -0.05) is 23.7 Å². The Balaban J connectivity index is 1.63. The van der Waals surface area contributed by atoms with Crippen molar-refractivity contribution in [2.75, 3.05) is 43.5 Å². The minimum Gasteiger partial charge on any atom is -0.495 e. The SMILES string of the molecule is COc1ccc(NC(=O)/C(C#N)=C\N2CCN(c3ccccc3F)CC2)cc1Cl. The number of rotatable bonds is 5. The first-order valence-electron chi connectivity index (χ1n) is 9.02. The molecule has 1 saturated heterocycles. The number of carbonyl (C=O) groups is 1. The predicted molar refractivity (Wildman–Crippen MR) is 111 cm³/mol. The van der Waals surface area contributed by atoms with Crippen molar-refractivity contribution in [1.29, 1.82) is 5.26 Å². The number of ether oxygens (including phenoxy) is 1. The van der Waals surface area contributed by atoms with E-state index in [0.29, 0.717) is 48.3 Å². The van der Waals surface area contributed by atoms with E-state index in [4.69, 9.17) is 16.3 Å². The fraction of sp³-hybridized carbons (Fsp3) is 0.238. The number of piperazine rings is 1. The summed E-state index contributed by atoms with van der Waals surface area (Å²) in [5.41, 5.74) is 1.01. The summed E-state index contributed by atoms with van der Waals surface area (Å²) in [6.07, 6.45) is 1.54. The van der Waals surface area contributed by atoms with Gasteiger partial charge in [0.1, 0.15) is 23.2 Å². The third-order valence-electron chi connectivity index (χ3n) is 4.59. The highest BCUT2D eigenvalue weighted by Gasteiger charge is 2.19. The summed E-state index contributed by atoms with van der Waals surface area (Å²) in [6.45, 7) is 2.32. The zero-order valence-corrected chi connectivity index (χ0v) is 16.6. The lowest BCUT2D eigenvalue weighted by molar-refractivity contribution is -0.112. The van der Waals surface area contributed by atoms with Crippen LogP contribution in [0.3, 0.4) is 0 Å². The number of carbonyl (C=O) groups excluding carboxylic acids is 1. The predicted octanol–water partition coefficient (Wildman–Crippen LogP) is 3.66. The van der Waals surface area contributed by atoms with Gasteiger partial charge in [-0.25, -0.2) is 4.39 Å². The van der Waals surface area contributed by atoms with Gasteiger partial charge in [0.15, 0.2) is 0 Å². The van der Waals surface area contributed by atoms with Crippen molar-refractivity contribution in [2.24, 2.45) is 0 Å². The maximum atomic E-state index is 13.9. The molecule has 1 fully saturated rings. The van der Waals surface area contributed by atoms with E-state index in [2.05, 4.69) is 5.32 Å². The van der Waals surface area contributed by atoms with Gasteiger partial charge < -0.3 is 19.9 Å². The molecule has 2 aromatic carbocycles. The number of para-hydroxylation sites is 1. The van der Waals surface area contributed by atoms with E-state index in [1.807, 2.05) is 15.9 Å². The van der Waals surface area contributed by atoms with Crippen molar-refractivity contribution in [3.8, 4) is 11.8 Å². The number of halogens is 2. The topological polar surface area (TPSA) is 68.6 Å². The number of nitrogens with zero attached hydrogens (tertiary/aromatic N) is 3. The van der Waals surface area contributed by atoms with E-state index >= 15 is 0 Å². The zero-order valence-electron chi connectivity index (χ0n) is 15.9. The normalized spacial score (nSPS) is 14.3. The van der Waals surface area contributed by atoms with Crippen molar-refractivity contribution in [3.05, 3.63) is 65.1 Å². The van der Waals surface area contributed by atoms with Gasteiger partial charge >= 0.3 is 0 Å². The van der Waals surface area contributed by atoms with Crippen LogP contribution in [-0.2, 0) is 4.79 Å². The van der Waals surface area contributed by atoms with Crippen LogP contribution in [0.25, 0.3) is 0 Å². The Morgan fingerprint density at radius 1 is 1.24 bits per heavy atom. The molecule has 2 aromatic rings. The van der Waals surface area contributed by atoms with Gasteiger partial charge in [0.05, 0.1) is 17.8 Å². The van der Waals surface area contributed by atoms with Crippen LogP contribution in [0, 0.1) is 17.1 Å². The molecule has 29 heavy (non-hydrogen) atoms. The highest BCUT2D eigenvalue weighted by atomic mass is 35.5. The van der Waals surface area contributed by atoms with Crippen molar-refractivity contribution < 1.29 is 13.9 Å². The molecule has 6 nitrogen and oxygen atoms in total. The molecule has 8 heteroatoms. The fourth-order valence-corrected chi connectivity index (χ4v) is 3.32. The second-order valence-electron chi connectivity index (χ2n) is 6.43. The second kappa shape index (κ2) is 9.30. The lowest BCUT2D eigenvalue weighted by atomic mass is 10.2. The molecule has 3 rings (SSSR count). The minimum atomic E-state index is -0.523. The lowest BCUT2D eigenvalue weighted by Gasteiger charge is -2.35. The Kier molecular flexibility index (Phi) is 6.57. The molecule has 0 radical (unpaired) electrons. The fourth-order valence-electron chi connectivity index (χ4n) is 3.06. The van der Waals surface area contributed by atoms with Crippen molar-refractivity contribution >= 4 is 28.9 Å². The number of anilines is 2. The Morgan fingerprint density at radius 3 is 2.59 bits per heavy atom. The van der Waals surface area contributed by atoms with Gasteiger partial charge in [-0.2, -0.15) is 5.26 Å². The van der Waals surface area contributed by atoms with Crippen molar-refractivity contribution in [3.63, 3.8) is 0 Å². The molecule has 1 amide bonds. The van der Waals surface area contributed by atoms with Crippen molar-refractivity contribution in [2.45, 2.75) is 0 Å². The monoisotopic (exact) mass is 414 g/mol. The molecule has 150 valence electrons. The molecule has 0 bridgehead atoms. The van der Waals surface area contributed by atoms with Crippen LogP contribution < -0.4 is 15.0 Å². The number of nitrogens with one attached hydrogen (secondary N) is 1. The Hall–Kier alpha value is -3.24. The van der Waals surface area contributed by atoms with E-state index in [0.717, 1.165) is 0 Å². The van der Waals surface area contributed by atoms with E-state index in [1.165, 1.54) is 13.2 Å². The standard InChI is InChI=1S/C21H20ClFN4O2/c1-29-20-7-6-16(12-17(20)22)25-21(28)15(13-24)14-26-8-10-27(11-9-26)19-5-3-2-4-18(19)23/h2-7,12,14H,8-11H2,1H3,(H,25,28)/b15-14-. The van der Waals surface area contributed by atoms with Gasteiger partial charge in [0, 0.05) is 38.1 Å². The first-order valence-corrected chi connectivity index (χ1v) is 9.40. The molecular weight excluding hydrogens is 395 g/mol. The Morgan fingerprint density at radius 2 is 1.97 bits per heavy atom. The van der Waals surface area contributed by atoms with Crippen LogP contribution in [0.1, 0.15) is 0 Å². The third-order valence-corrected chi connectivity index (χ3v) is 4.89. The molecule has 0 unspecified atom stereocenters. The number of methoxy groups -OCH3 is 1. The maximum absolute atomic E-state index is 13.9. The lowest BCUT2D eigenvalue weighted by Crippen LogP contribution is -2.44. The average molecular weight is 415 g/mol. The second-order valence-corrected chi connectivity index (χ2v) is 6.84. The van der Waals surface area contributed by atoms with E-state index < -0.39 is 5.91 Å². The smallest absolute Gasteiger partial charge is 0.267 e. The van der Waals surface area contributed by atoms with Gasteiger partial charge in [-0.05, 0) is 30.3 Å². The third kappa shape index (κ3) is 4.98. The van der Waals surface area contributed by atoms with Crippen LogP contribution >= 0.6 is 11.6 Å². The first kappa shape index (κ1) is 20.5. The summed E-state index contributed by atoms with van der Waals surface area (Å²) in [6, 6.07) is 13.4. The summed E-state index contributed by atoms with van der Waals surface area (Å²) < 4.78 is 19.0. The van der Waals surface area contributed by atoms with Crippen molar-refractivity contribution in [1.82, 2.24) is 4.90 Å². The number of benzene rings is 2. The maximum Gasteiger partial charge on any atom is 0.267 e. The highest BCUT2D eigenvalue weighted by Crippen LogP contribution is 2.27. The van der Waals surface area contributed by atoms with Crippen LogP contribution in [0.2, 0.25) is 5.02 Å². The van der Waals surface area contributed by atoms with Gasteiger partial charge in [0.2, 0.25) is 0 Å². The molecule has 0 aromatic heterocycles. The highest BCUT2D eigenvalue weighted by molar-refractivity contribution is 6.32. The van der Waals surface area contributed by atoms with E-state index in [1.54, 1.807) is 42.6 Å². The quantitative estimate of drug-likeness (QED) is 0.597. The molecule has 1 aliphatic heterocycles. The molecule has 1 aliphatic rings. The average Bonchev–Trinajstić information content (AvgIpc) is 2.73. The van der Waals surface area contributed by atoms with Crippen LogP contribution in [-0.4, -0.2) is 44.1 Å². The summed E-state index contributed by atoms with van der Waals surface area (Å²) in [7, 11) is 1.50. The summed E-state index contributed by atoms with van der Waals surface area (Å²) >= 11 is 6.06. The van der Waals surface area contributed by atoms with Gasteiger partial charge in [-0.3, -0.25) is 4.79 Å². The van der Waals surface area contributed by atoms with Crippen LogP contribution in [0.4, 0.5) is 15.8 Å². The molecule has 1 heterocycles. The molecule has 0 atom stereocenters. The first-order chi connectivity index (χ1) is 14.0. The molecule has 0 aliphatic carbocycles. The molecular formula is C21H20ClFN4O2. The van der Waals surface area contributed by atoms with Gasteiger partial charge in [0.25, 0.3) is 5.91 Å². The molecule has 0 spiro atoms. The molecule has 1 N–H and O–H groups in total. The number of hydrogen-bond acceptors (Lipinski definition) is 5. The van der Waals surface area contributed by atoms with Gasteiger partial charge in [-0.15, -0.1) is 0 Å². The van der Waals surface area contributed by atoms with Crippen LogP contribution in [0.5, 0.6) is 5.75 Å². The minimum absolute atomic E-state index is 0.0173. The number of hydrogen-bond donors (Lipinski definition) is 1. The Bertz CT molecular complexity index is 965. The zero-order chi connectivity index (χ0) is 20.8. The summed E-state index contributed by atoms with van der Waals surface area (Å²) in [5, 5.41) is 12.4. The molecule has 0 saturated carbocycles. The number of amides is 1. The van der Waals surface area contributed by atoms with E-state index in [-0.39, 0.29) is 11.4 Å². The number of nitriles is 1.